The van der Waals surface area contributed by atoms with Gasteiger partial charge in [0.05, 0.1) is 87.3 Å². The minimum atomic E-state index is -1.52. The summed E-state index contributed by atoms with van der Waals surface area (Å²) < 4.78 is 118. The fourth-order valence-corrected chi connectivity index (χ4v) is 10.7. The first-order valence-electron chi connectivity index (χ1n) is 30.6. The topological polar surface area (TPSA) is 344 Å². The Morgan fingerprint density at radius 1 is 0.706 bits per heavy atom. The van der Waals surface area contributed by atoms with Crippen LogP contribution in [0.1, 0.15) is 115 Å². The number of ether oxygens (including phenoxy) is 3. The van der Waals surface area contributed by atoms with Crippen molar-refractivity contribution < 1.29 is 113 Å². The number of benzene rings is 5. The summed E-state index contributed by atoms with van der Waals surface area (Å²) in [6.45, 7) is 20.2. The van der Waals surface area contributed by atoms with E-state index in [1.807, 2.05) is 6.92 Å². The molecule has 3 atom stereocenters. The molecular formula is C71H76F6IN5O18S. The number of alkyl halides is 2. The maximum atomic E-state index is 14.2. The lowest BCUT2D eigenvalue weighted by Crippen LogP contribution is -2.48. The third kappa shape index (κ3) is 23.4. The first-order chi connectivity index (χ1) is 48.2. The molecule has 31 heteroatoms. The van der Waals surface area contributed by atoms with Crippen LogP contribution in [0.15, 0.2) is 140 Å². The summed E-state index contributed by atoms with van der Waals surface area (Å²) in [5, 5.41) is 71.8. The van der Waals surface area contributed by atoms with Crippen LogP contribution in [0.2, 0.25) is 0 Å². The Morgan fingerprint density at radius 2 is 1.25 bits per heavy atom. The fraction of sp³-hybridized carbons (Fsp3) is 0.310. The summed E-state index contributed by atoms with van der Waals surface area (Å²) in [5.74, 6) is -2.91. The highest BCUT2D eigenvalue weighted by Crippen LogP contribution is 2.43. The number of phenolic OH excluding ortho intramolecular Hbond substituents is 2. The van der Waals surface area contributed by atoms with Crippen molar-refractivity contribution in [3.8, 4) is 28.7 Å². The second-order valence-corrected chi connectivity index (χ2v) is 24.9. The molecule has 102 heavy (non-hydrogen) atoms. The van der Waals surface area contributed by atoms with Crippen molar-refractivity contribution in [1.82, 2.24) is 19.9 Å². The molecule has 1 fully saturated rings. The number of hydrogen-bond donors (Lipinski definition) is 9. The molecule has 0 saturated carbocycles. The van der Waals surface area contributed by atoms with Crippen LogP contribution in [0.25, 0.3) is 5.65 Å². The normalized spacial score (nSPS) is 16.7. The lowest BCUT2D eigenvalue weighted by molar-refractivity contribution is 0.0505. The van der Waals surface area contributed by atoms with E-state index in [1.165, 1.54) is 74.8 Å². The standard InChI is InChI=1S/C19H17F2N5O2.C12H12FIO3.2C12H13FO3.C8H7FO2.C4H6O3S.C4H8O2/c1-10-13-5-12(21)4-11-6-19(8-20,28-16(11)13)9-22-18(27)14-7-23-26-3-2-15(24-10)25-17(14)26;1-7(16)10-3-9(13)2-8-4-12(5-14,6-15)17-11(8)10;1-7(6-14)3-9-4-10(13)5-11(8(2)15)12(9)16;1-8(6-14)7-16-12-4-3-10(13)5-11(12)9(2)15;1-5(10)7-4-6(9)2-3-8(7)11;1-4-2-6-8(5)7-3-4;1-4(2-5)3-6/h2-5,7,10H,6,8-9H2,1H3,(H,22,27)(H,24,25);2-3,15H,4-6H2,1H3;4-5,14,16H,1,3,6H2,2H3;3-5,14H,1,6-7H2,2H3;2-4,11H,1H3;1-3H2;5-6H,1-3H2/t10-,19?;;;;;;/m1....../s1. The molecule has 0 aliphatic carbocycles. The van der Waals surface area contributed by atoms with E-state index < -0.39 is 70.0 Å². The van der Waals surface area contributed by atoms with Crippen LogP contribution >= 0.6 is 22.6 Å². The monoisotopic (exact) mass is 1560 g/mol. The van der Waals surface area contributed by atoms with Gasteiger partial charge in [0.2, 0.25) is 0 Å². The molecule has 548 valence electrons. The molecular weight excluding hydrogens is 1480 g/mol. The maximum absolute atomic E-state index is 14.2. The smallest absolute Gasteiger partial charge is 0.305 e. The van der Waals surface area contributed by atoms with Crippen molar-refractivity contribution in [2.24, 2.45) is 0 Å². The number of aromatic hydroxyl groups is 2. The van der Waals surface area contributed by atoms with Gasteiger partial charge in [-0.15, -0.1) is 0 Å². The number of anilines is 1. The summed E-state index contributed by atoms with van der Waals surface area (Å²) >= 11 is 0.593. The number of halogens is 7. The van der Waals surface area contributed by atoms with E-state index in [0.717, 1.165) is 42.0 Å². The number of rotatable bonds is 16. The van der Waals surface area contributed by atoms with Crippen LogP contribution in [0.4, 0.5) is 32.2 Å². The highest BCUT2D eigenvalue weighted by atomic mass is 127. The zero-order chi connectivity index (χ0) is 75.9. The molecule has 7 aromatic rings. The molecule has 2 unspecified atom stereocenters. The number of nitrogens with zero attached hydrogens (tertiary/aromatic N) is 3. The Labute approximate surface area is 598 Å². The number of aliphatic hydroxyl groups excluding tert-OH is 5. The highest BCUT2D eigenvalue weighted by molar-refractivity contribution is 14.1. The Hall–Kier alpha value is -9.19. The lowest BCUT2D eigenvalue weighted by atomic mass is 9.96. The predicted octanol–water partition coefficient (Wildman–Crippen LogP) is 9.77. The van der Waals surface area contributed by atoms with Crippen LogP contribution in [0, 0.1) is 29.1 Å². The number of amides is 1. The van der Waals surface area contributed by atoms with Crippen LogP contribution in [-0.4, -0.2) is 165 Å². The number of nitrogens with one attached hydrogen (secondary N) is 2. The second-order valence-electron chi connectivity index (χ2n) is 23.3. The minimum absolute atomic E-state index is 0.0185. The molecule has 6 heterocycles. The summed E-state index contributed by atoms with van der Waals surface area (Å²) in [6, 6.07) is 15.8. The second kappa shape index (κ2) is 38.7. The number of Topliss-reactive ketones (excluding diaryl/α,β-unsaturated/α-hetero) is 4. The predicted molar refractivity (Wildman–Crippen MR) is 373 cm³/mol. The van der Waals surface area contributed by atoms with Crippen LogP contribution in [-0.2, 0) is 39.0 Å². The van der Waals surface area contributed by atoms with Gasteiger partial charge in [-0.25, -0.2) is 35.8 Å². The molecule has 1 amide bonds. The summed E-state index contributed by atoms with van der Waals surface area (Å²) in [7, 11) is 0. The first-order valence-corrected chi connectivity index (χ1v) is 33.1. The summed E-state index contributed by atoms with van der Waals surface area (Å²) in [4.78, 5) is 61.6. The van der Waals surface area contributed by atoms with Gasteiger partial charge in [-0.1, -0.05) is 48.9 Å². The Kier molecular flexibility index (Phi) is 31.7. The number of ketones is 4. The minimum Gasteiger partial charge on any atom is -0.507 e. The maximum Gasteiger partial charge on any atom is 0.305 e. The van der Waals surface area contributed by atoms with Gasteiger partial charge in [0.15, 0.2) is 34.4 Å². The molecule has 4 aliphatic heterocycles. The SMILES string of the molecule is C=C(CO)CO.C=C(CO)COc1ccc(F)cc1C(C)=O.C=C(CO)Cc1cc(F)cc(C(C)=O)c1O.C=C1COS(=O)OC1.CC(=O)c1cc(F)cc2c1OC(CO)(CI)C2.CC(=O)c1cc(F)ccc1O.C[C@H]1Nc2ccn3ncc(c3n2)C(=O)NCC2(CF)Cc3cc(F)cc1c3O2. The summed E-state index contributed by atoms with van der Waals surface area (Å²) in [5.41, 5.74) is 3.33. The van der Waals surface area contributed by atoms with Crippen LogP contribution in [0.5, 0.6) is 28.7 Å². The molecule has 5 aromatic carbocycles. The Morgan fingerprint density at radius 3 is 1.79 bits per heavy atom. The van der Waals surface area contributed by atoms with E-state index in [4.69, 9.17) is 39.7 Å². The first kappa shape index (κ1) is 83.5. The molecule has 4 aliphatic rings. The van der Waals surface area contributed by atoms with E-state index >= 15 is 0 Å². The van der Waals surface area contributed by atoms with Gasteiger partial charge in [-0.3, -0.25) is 32.3 Å². The van der Waals surface area contributed by atoms with Gasteiger partial charge in [-0.2, -0.15) is 9.31 Å². The Bertz CT molecular complexity index is 4250. The van der Waals surface area contributed by atoms with E-state index in [-0.39, 0.29) is 127 Å². The van der Waals surface area contributed by atoms with Crippen LogP contribution < -0.4 is 24.8 Å². The van der Waals surface area contributed by atoms with Crippen molar-refractivity contribution in [1.29, 1.82) is 0 Å². The number of fused-ring (bicyclic) bond motifs is 3. The zero-order valence-corrected chi connectivity index (χ0v) is 59.0. The number of hydrogen-bond acceptors (Lipinski definition) is 21. The van der Waals surface area contributed by atoms with Gasteiger partial charge in [0.1, 0.15) is 88.1 Å². The van der Waals surface area contributed by atoms with Crippen LogP contribution in [0.3, 0.4) is 0 Å². The molecule has 0 radical (unpaired) electrons. The van der Waals surface area contributed by atoms with Gasteiger partial charge in [0.25, 0.3) is 5.91 Å². The van der Waals surface area contributed by atoms with Gasteiger partial charge in [0, 0.05) is 45.7 Å². The average Bonchev–Trinajstić information content (AvgIpc) is 1.62. The molecule has 9 N–H and O–H groups in total. The fourth-order valence-electron chi connectivity index (χ4n) is 9.48. The van der Waals surface area contributed by atoms with Gasteiger partial charge < -0.3 is 60.6 Å². The molecule has 0 spiro atoms. The molecule has 23 nitrogen and oxygen atoms in total. The van der Waals surface area contributed by atoms with Crippen molar-refractivity contribution in [2.45, 2.75) is 71.1 Å². The number of carbonyl (C=O) groups is 5. The lowest BCUT2D eigenvalue weighted by Gasteiger charge is -2.26. The van der Waals surface area contributed by atoms with Crippen molar-refractivity contribution in [2.75, 3.05) is 75.8 Å². The number of aromatic nitrogens is 3. The third-order valence-corrected chi connectivity index (χ3v) is 16.8. The Balaban J connectivity index is 0.000000225. The largest absolute Gasteiger partial charge is 0.507 e. The number of phenols is 2. The molecule has 11 rings (SSSR count). The molecule has 1 saturated heterocycles. The summed E-state index contributed by atoms with van der Waals surface area (Å²) in [6.07, 6.45) is 3.84. The number of aliphatic hydroxyl groups is 5. The quantitative estimate of drug-likeness (QED) is 0.0143. The zero-order valence-electron chi connectivity index (χ0n) is 56.0. The molecule has 4 bridgehead atoms. The van der Waals surface area contributed by atoms with E-state index in [1.54, 1.807) is 12.3 Å². The molecule has 2 aromatic heterocycles. The van der Waals surface area contributed by atoms with Crippen molar-refractivity contribution >= 4 is 74.5 Å². The highest BCUT2D eigenvalue weighted by Gasteiger charge is 2.43. The third-order valence-electron chi connectivity index (χ3n) is 14.8. The van der Waals surface area contributed by atoms with E-state index in [2.05, 4.69) is 78.0 Å². The van der Waals surface area contributed by atoms with E-state index in [9.17, 15) is 64.7 Å². The van der Waals surface area contributed by atoms with E-state index in [0.29, 0.717) is 86.2 Å². The van der Waals surface area contributed by atoms with Crippen molar-refractivity contribution in [3.63, 3.8) is 0 Å². The van der Waals surface area contributed by atoms with Gasteiger partial charge >= 0.3 is 11.4 Å². The number of carbonyl (C=O) groups excluding carboxylic acids is 5. The van der Waals surface area contributed by atoms with Gasteiger partial charge in [-0.05, 0) is 142 Å². The van der Waals surface area contributed by atoms with Crippen molar-refractivity contribution in [3.05, 3.63) is 219 Å². The average molecular weight is 1560 g/mol.